The van der Waals surface area contributed by atoms with Gasteiger partial charge in [-0.3, -0.25) is 0 Å². The van der Waals surface area contributed by atoms with Crippen molar-refractivity contribution in [1.29, 1.82) is 0 Å². The van der Waals surface area contributed by atoms with Crippen LogP contribution < -0.4 is 0 Å². The van der Waals surface area contributed by atoms with Gasteiger partial charge in [-0.25, -0.2) is 8.78 Å². The average Bonchev–Trinajstić information content (AvgIpc) is 2.04. The molecule has 0 aliphatic carbocycles. The minimum atomic E-state index is -0.645. The molecule has 1 aromatic carbocycles. The van der Waals surface area contributed by atoms with Gasteiger partial charge < -0.3 is 0 Å². The van der Waals surface area contributed by atoms with Crippen LogP contribution in [0.2, 0.25) is 5.02 Å². The molecular formula is C9H11ClF2. The summed E-state index contributed by atoms with van der Waals surface area (Å²) < 4.78 is 24.8. The first-order chi connectivity index (χ1) is 5.61. The number of hydrogen-bond donors (Lipinski definition) is 0. The second-order valence-corrected chi connectivity index (χ2v) is 2.40. The lowest BCUT2D eigenvalue weighted by molar-refractivity contribution is 0.577. The molecule has 0 spiro atoms. The van der Waals surface area contributed by atoms with E-state index in [1.54, 1.807) is 0 Å². The van der Waals surface area contributed by atoms with E-state index < -0.39 is 11.6 Å². The SMILES string of the molecule is CC.Cc1c(F)cc(F)cc1Cl. The van der Waals surface area contributed by atoms with E-state index in [-0.39, 0.29) is 10.6 Å². The fourth-order valence-corrected chi connectivity index (χ4v) is 0.809. The summed E-state index contributed by atoms with van der Waals surface area (Å²) in [4.78, 5) is 0. The van der Waals surface area contributed by atoms with Gasteiger partial charge in [0.05, 0.1) is 0 Å². The van der Waals surface area contributed by atoms with Gasteiger partial charge in [-0.1, -0.05) is 25.4 Å². The predicted molar refractivity (Wildman–Crippen MR) is 47.5 cm³/mol. The van der Waals surface area contributed by atoms with E-state index in [9.17, 15) is 8.78 Å². The van der Waals surface area contributed by atoms with E-state index in [4.69, 9.17) is 11.6 Å². The smallest absolute Gasteiger partial charge is 0.130 e. The first-order valence-electron chi connectivity index (χ1n) is 3.72. The molecule has 12 heavy (non-hydrogen) atoms. The zero-order chi connectivity index (χ0) is 9.72. The number of rotatable bonds is 0. The summed E-state index contributed by atoms with van der Waals surface area (Å²) in [6.45, 7) is 5.50. The van der Waals surface area contributed by atoms with Gasteiger partial charge >= 0.3 is 0 Å². The van der Waals surface area contributed by atoms with Crippen LogP contribution in [-0.4, -0.2) is 0 Å². The molecule has 0 aliphatic rings. The van der Waals surface area contributed by atoms with E-state index >= 15 is 0 Å². The molecule has 0 bridgehead atoms. The Morgan fingerprint density at radius 2 is 1.67 bits per heavy atom. The lowest BCUT2D eigenvalue weighted by atomic mass is 10.2. The fraction of sp³-hybridized carbons (Fsp3) is 0.333. The van der Waals surface area contributed by atoms with Gasteiger partial charge in [0.15, 0.2) is 0 Å². The summed E-state index contributed by atoms with van der Waals surface area (Å²) in [7, 11) is 0. The topological polar surface area (TPSA) is 0 Å². The van der Waals surface area contributed by atoms with Crippen molar-refractivity contribution in [2.75, 3.05) is 0 Å². The van der Waals surface area contributed by atoms with E-state index in [0.29, 0.717) is 0 Å². The molecule has 1 aromatic rings. The zero-order valence-electron chi connectivity index (χ0n) is 7.29. The second kappa shape index (κ2) is 5.09. The normalized spacial score (nSPS) is 8.83. The molecule has 0 saturated carbocycles. The van der Waals surface area contributed by atoms with Crippen LogP contribution in [0.25, 0.3) is 0 Å². The third-order valence-electron chi connectivity index (χ3n) is 1.25. The Morgan fingerprint density at radius 3 is 2.08 bits per heavy atom. The molecule has 0 nitrogen and oxygen atoms in total. The van der Waals surface area contributed by atoms with Gasteiger partial charge in [0.1, 0.15) is 11.6 Å². The quantitative estimate of drug-likeness (QED) is 0.584. The van der Waals surface area contributed by atoms with Crippen molar-refractivity contribution in [3.05, 3.63) is 34.4 Å². The van der Waals surface area contributed by atoms with Gasteiger partial charge in [-0.2, -0.15) is 0 Å². The molecule has 0 radical (unpaired) electrons. The number of benzene rings is 1. The summed E-state index contributed by atoms with van der Waals surface area (Å²) in [6.07, 6.45) is 0. The van der Waals surface area contributed by atoms with E-state index in [1.807, 2.05) is 13.8 Å². The molecule has 0 saturated heterocycles. The van der Waals surface area contributed by atoms with Crippen LogP contribution >= 0.6 is 11.6 Å². The Labute approximate surface area is 76.2 Å². The third-order valence-corrected chi connectivity index (χ3v) is 1.64. The van der Waals surface area contributed by atoms with Crippen molar-refractivity contribution < 1.29 is 8.78 Å². The Hall–Kier alpha value is -0.630. The maximum atomic E-state index is 12.5. The minimum Gasteiger partial charge on any atom is -0.207 e. The third kappa shape index (κ3) is 2.78. The Morgan fingerprint density at radius 1 is 1.17 bits per heavy atom. The van der Waals surface area contributed by atoms with Crippen molar-refractivity contribution in [3.63, 3.8) is 0 Å². The zero-order valence-corrected chi connectivity index (χ0v) is 8.04. The molecule has 0 atom stereocenters. The summed E-state index contributed by atoms with van der Waals surface area (Å²) in [6, 6.07) is 1.89. The van der Waals surface area contributed by atoms with Crippen LogP contribution in [0.3, 0.4) is 0 Å². The highest BCUT2D eigenvalue weighted by Gasteiger charge is 2.03. The summed E-state index contributed by atoms with van der Waals surface area (Å²) in [5.41, 5.74) is 0.281. The van der Waals surface area contributed by atoms with Crippen LogP contribution in [0.1, 0.15) is 19.4 Å². The van der Waals surface area contributed by atoms with Gasteiger partial charge in [-0.15, -0.1) is 0 Å². The van der Waals surface area contributed by atoms with Gasteiger partial charge in [0.2, 0.25) is 0 Å². The van der Waals surface area contributed by atoms with Crippen molar-refractivity contribution in [1.82, 2.24) is 0 Å². The van der Waals surface area contributed by atoms with Gasteiger partial charge in [0.25, 0.3) is 0 Å². The van der Waals surface area contributed by atoms with Crippen LogP contribution in [0, 0.1) is 18.6 Å². The molecule has 0 aliphatic heterocycles. The number of halogens is 3. The lowest BCUT2D eigenvalue weighted by Gasteiger charge is -1.97. The molecule has 3 heteroatoms. The highest BCUT2D eigenvalue weighted by molar-refractivity contribution is 6.31. The minimum absolute atomic E-state index is 0.123. The molecule has 0 amide bonds. The van der Waals surface area contributed by atoms with Crippen LogP contribution in [0.15, 0.2) is 12.1 Å². The molecule has 0 N–H and O–H groups in total. The van der Waals surface area contributed by atoms with Crippen LogP contribution in [-0.2, 0) is 0 Å². The highest BCUT2D eigenvalue weighted by Crippen LogP contribution is 2.19. The maximum Gasteiger partial charge on any atom is 0.130 e. The van der Waals surface area contributed by atoms with E-state index in [2.05, 4.69) is 0 Å². The lowest BCUT2D eigenvalue weighted by Crippen LogP contribution is -1.85. The summed E-state index contributed by atoms with van der Waals surface area (Å²) >= 11 is 5.44. The Bertz CT molecular complexity index is 236. The Kier molecular flexibility index (Phi) is 4.83. The molecule has 1 rings (SSSR count). The van der Waals surface area contributed by atoms with Gasteiger partial charge in [-0.05, 0) is 13.0 Å². The Balaban J connectivity index is 0.000000561. The molecule has 0 heterocycles. The van der Waals surface area contributed by atoms with Crippen LogP contribution in [0.5, 0.6) is 0 Å². The van der Waals surface area contributed by atoms with Gasteiger partial charge in [0, 0.05) is 16.7 Å². The first kappa shape index (κ1) is 11.4. The monoisotopic (exact) mass is 192 g/mol. The van der Waals surface area contributed by atoms with Crippen molar-refractivity contribution in [2.45, 2.75) is 20.8 Å². The van der Waals surface area contributed by atoms with E-state index in [1.165, 1.54) is 6.92 Å². The van der Waals surface area contributed by atoms with Crippen molar-refractivity contribution in [2.24, 2.45) is 0 Å². The number of hydrogen-bond acceptors (Lipinski definition) is 0. The standard InChI is InChI=1S/C7H5ClF2.C2H6/c1-4-6(8)2-5(9)3-7(4)10;1-2/h2-3H,1H3;1-2H3. The average molecular weight is 193 g/mol. The molecule has 0 unspecified atom stereocenters. The largest absolute Gasteiger partial charge is 0.207 e. The highest BCUT2D eigenvalue weighted by atomic mass is 35.5. The second-order valence-electron chi connectivity index (χ2n) is 1.99. The van der Waals surface area contributed by atoms with Crippen molar-refractivity contribution >= 4 is 11.6 Å². The van der Waals surface area contributed by atoms with Crippen molar-refractivity contribution in [3.8, 4) is 0 Å². The first-order valence-corrected chi connectivity index (χ1v) is 4.10. The fourth-order valence-electron chi connectivity index (χ4n) is 0.614. The molecule has 68 valence electrons. The summed E-state index contributed by atoms with van der Waals surface area (Å²) in [5, 5.41) is 0.123. The van der Waals surface area contributed by atoms with Crippen LogP contribution in [0.4, 0.5) is 8.78 Å². The molecular weight excluding hydrogens is 182 g/mol. The van der Waals surface area contributed by atoms with E-state index in [0.717, 1.165) is 12.1 Å². The molecule has 0 aromatic heterocycles. The predicted octanol–water partition coefficient (Wildman–Crippen LogP) is 3.95. The molecule has 0 fully saturated rings. The maximum absolute atomic E-state index is 12.5. The summed E-state index contributed by atoms with van der Waals surface area (Å²) in [5.74, 6) is -1.25.